The van der Waals surface area contributed by atoms with Gasteiger partial charge in [0.05, 0.1) is 0 Å². The van der Waals surface area contributed by atoms with Crippen molar-refractivity contribution in [3.8, 4) is 0 Å². The molecule has 110 valence electrons. The molecule has 0 spiro atoms. The molecule has 20 heavy (non-hydrogen) atoms. The summed E-state index contributed by atoms with van der Waals surface area (Å²) in [6.45, 7) is 5.02. The predicted molar refractivity (Wildman–Crippen MR) is 74.5 cm³/mol. The van der Waals surface area contributed by atoms with Crippen LogP contribution < -0.4 is 11.5 Å². The number of carbonyl (C=O) groups excluding carboxylic acids is 2. The van der Waals surface area contributed by atoms with Crippen LogP contribution in [0.25, 0.3) is 0 Å². The first kappa shape index (κ1) is 16.0. The van der Waals surface area contributed by atoms with Gasteiger partial charge in [-0.25, -0.2) is 9.59 Å². The molecule has 0 fully saturated rings. The van der Waals surface area contributed by atoms with Crippen LogP contribution in [0.4, 0.5) is 5.69 Å². The molecule has 1 atom stereocenters. The first-order valence-electron chi connectivity index (χ1n) is 6.19. The highest BCUT2D eigenvalue weighted by Crippen LogP contribution is 2.12. The maximum Gasteiger partial charge on any atom is 0.335 e. The maximum atomic E-state index is 11.7. The molecule has 1 unspecified atom stereocenters. The fraction of sp³-hybridized carbons (Fsp3) is 0.429. The molecule has 0 bridgehead atoms. The summed E-state index contributed by atoms with van der Waals surface area (Å²) in [6, 6.07) is 5.50. The molecule has 0 heterocycles. The molecule has 0 saturated carbocycles. The average Bonchev–Trinajstić information content (AvgIpc) is 2.34. The molecular formula is C14H20N2O4. The van der Waals surface area contributed by atoms with Crippen LogP contribution in [0, 0.1) is 0 Å². The Morgan fingerprint density at radius 2 is 1.80 bits per heavy atom. The lowest BCUT2D eigenvalue weighted by Gasteiger charge is -2.21. The van der Waals surface area contributed by atoms with Crippen molar-refractivity contribution in [2.24, 2.45) is 5.73 Å². The van der Waals surface area contributed by atoms with E-state index in [4.69, 9.17) is 20.9 Å². The number of anilines is 1. The Morgan fingerprint density at radius 1 is 1.20 bits per heavy atom. The standard InChI is InChI=1S/C14H20N2O4/c1-14(2,3)20-13(18)11(16)12(17)19-8-9-6-4-5-7-10(9)15/h4-7,11H,8,15-16H2,1-3H3. The van der Waals surface area contributed by atoms with E-state index in [9.17, 15) is 9.59 Å². The van der Waals surface area contributed by atoms with Crippen molar-refractivity contribution in [3.05, 3.63) is 29.8 Å². The zero-order chi connectivity index (χ0) is 15.3. The molecule has 0 amide bonds. The Bertz CT molecular complexity index is 494. The van der Waals surface area contributed by atoms with Crippen LogP contribution in [0.3, 0.4) is 0 Å². The molecule has 0 aliphatic heterocycles. The van der Waals surface area contributed by atoms with E-state index in [2.05, 4.69) is 0 Å². The first-order valence-corrected chi connectivity index (χ1v) is 6.19. The SMILES string of the molecule is CC(C)(C)OC(=O)C(N)C(=O)OCc1ccccc1N. The molecule has 0 radical (unpaired) electrons. The molecule has 6 nitrogen and oxygen atoms in total. The van der Waals surface area contributed by atoms with E-state index in [1.54, 1.807) is 45.0 Å². The number of benzene rings is 1. The van der Waals surface area contributed by atoms with Gasteiger partial charge in [-0.2, -0.15) is 0 Å². The number of hydrogen-bond donors (Lipinski definition) is 2. The van der Waals surface area contributed by atoms with Crippen molar-refractivity contribution in [2.45, 2.75) is 39.0 Å². The summed E-state index contributed by atoms with van der Waals surface area (Å²) in [7, 11) is 0. The summed E-state index contributed by atoms with van der Waals surface area (Å²) in [5.41, 5.74) is 11.6. The fourth-order valence-corrected chi connectivity index (χ4v) is 1.37. The monoisotopic (exact) mass is 280 g/mol. The van der Waals surface area contributed by atoms with Crippen molar-refractivity contribution < 1.29 is 19.1 Å². The summed E-state index contributed by atoms with van der Waals surface area (Å²) >= 11 is 0. The van der Waals surface area contributed by atoms with Crippen molar-refractivity contribution in [2.75, 3.05) is 5.73 Å². The van der Waals surface area contributed by atoms with E-state index in [1.807, 2.05) is 0 Å². The van der Waals surface area contributed by atoms with Gasteiger partial charge in [0.15, 0.2) is 0 Å². The third-order valence-corrected chi connectivity index (χ3v) is 2.34. The molecule has 1 aromatic rings. The molecular weight excluding hydrogens is 260 g/mol. The van der Waals surface area contributed by atoms with Crippen molar-refractivity contribution >= 4 is 17.6 Å². The quantitative estimate of drug-likeness (QED) is 0.484. The lowest BCUT2D eigenvalue weighted by molar-refractivity contribution is -0.164. The third-order valence-electron chi connectivity index (χ3n) is 2.34. The highest BCUT2D eigenvalue weighted by atomic mass is 16.6. The predicted octanol–water partition coefficient (Wildman–Crippen LogP) is 0.981. The number of esters is 2. The van der Waals surface area contributed by atoms with Crippen molar-refractivity contribution in [1.29, 1.82) is 0 Å². The number of hydrogen-bond acceptors (Lipinski definition) is 6. The summed E-state index contributed by atoms with van der Waals surface area (Å²) in [4.78, 5) is 23.3. The van der Waals surface area contributed by atoms with E-state index in [0.29, 0.717) is 11.3 Å². The van der Waals surface area contributed by atoms with Crippen LogP contribution in [-0.2, 0) is 25.7 Å². The Hall–Kier alpha value is -2.08. The topological polar surface area (TPSA) is 105 Å². The van der Waals surface area contributed by atoms with Gasteiger partial charge < -0.3 is 20.9 Å². The molecule has 0 saturated heterocycles. The van der Waals surface area contributed by atoms with Gasteiger partial charge in [-0.1, -0.05) is 18.2 Å². The summed E-state index contributed by atoms with van der Waals surface area (Å²) in [6.07, 6.45) is 0. The first-order chi connectivity index (χ1) is 9.20. The minimum atomic E-state index is -1.46. The number of carbonyl (C=O) groups is 2. The second-order valence-corrected chi connectivity index (χ2v) is 5.32. The van der Waals surface area contributed by atoms with Crippen LogP contribution in [-0.4, -0.2) is 23.6 Å². The van der Waals surface area contributed by atoms with Gasteiger partial charge >= 0.3 is 11.9 Å². The summed E-state index contributed by atoms with van der Waals surface area (Å²) < 4.78 is 9.97. The van der Waals surface area contributed by atoms with E-state index in [0.717, 1.165) is 0 Å². The summed E-state index contributed by atoms with van der Waals surface area (Å²) in [5.74, 6) is -1.66. The zero-order valence-corrected chi connectivity index (χ0v) is 11.9. The molecule has 0 aromatic heterocycles. The molecule has 0 aliphatic carbocycles. The van der Waals surface area contributed by atoms with Crippen LogP contribution in [0.5, 0.6) is 0 Å². The molecule has 4 N–H and O–H groups in total. The van der Waals surface area contributed by atoms with Crippen molar-refractivity contribution in [3.63, 3.8) is 0 Å². The van der Waals surface area contributed by atoms with Gasteiger partial charge in [-0.3, -0.25) is 0 Å². The average molecular weight is 280 g/mol. The Balaban J connectivity index is 2.55. The third kappa shape index (κ3) is 4.89. The maximum absolute atomic E-state index is 11.7. The van der Waals surface area contributed by atoms with Gasteiger partial charge in [0, 0.05) is 11.3 Å². The number of ether oxygens (including phenoxy) is 2. The van der Waals surface area contributed by atoms with Crippen LogP contribution in [0.1, 0.15) is 26.3 Å². The van der Waals surface area contributed by atoms with Gasteiger partial charge in [0.2, 0.25) is 6.04 Å². The smallest absolute Gasteiger partial charge is 0.335 e. The Morgan fingerprint density at radius 3 is 2.35 bits per heavy atom. The van der Waals surface area contributed by atoms with Crippen LogP contribution in [0.15, 0.2) is 24.3 Å². The van der Waals surface area contributed by atoms with Gasteiger partial charge in [-0.05, 0) is 26.8 Å². The minimum absolute atomic E-state index is 0.0397. The van der Waals surface area contributed by atoms with Crippen LogP contribution >= 0.6 is 0 Å². The second-order valence-electron chi connectivity index (χ2n) is 5.32. The fourth-order valence-electron chi connectivity index (χ4n) is 1.37. The molecule has 1 rings (SSSR count). The largest absolute Gasteiger partial charge is 0.459 e. The van der Waals surface area contributed by atoms with E-state index in [-0.39, 0.29) is 6.61 Å². The molecule has 1 aromatic carbocycles. The minimum Gasteiger partial charge on any atom is -0.459 e. The highest BCUT2D eigenvalue weighted by Gasteiger charge is 2.29. The Kier molecular flexibility index (Phi) is 5.10. The van der Waals surface area contributed by atoms with Gasteiger partial charge in [0.1, 0.15) is 12.2 Å². The van der Waals surface area contributed by atoms with Crippen molar-refractivity contribution in [1.82, 2.24) is 0 Å². The molecule has 6 heteroatoms. The van der Waals surface area contributed by atoms with E-state index < -0.39 is 23.6 Å². The van der Waals surface area contributed by atoms with Gasteiger partial charge in [0.25, 0.3) is 0 Å². The number of nitrogens with two attached hydrogens (primary N) is 2. The normalized spacial score (nSPS) is 12.6. The number of rotatable bonds is 4. The van der Waals surface area contributed by atoms with Gasteiger partial charge in [-0.15, -0.1) is 0 Å². The Labute approximate surface area is 118 Å². The van der Waals surface area contributed by atoms with E-state index in [1.165, 1.54) is 0 Å². The highest BCUT2D eigenvalue weighted by molar-refractivity contribution is 5.99. The lowest BCUT2D eigenvalue weighted by Crippen LogP contribution is -2.43. The second kappa shape index (κ2) is 6.38. The number of para-hydroxylation sites is 1. The van der Waals surface area contributed by atoms with Crippen LogP contribution in [0.2, 0.25) is 0 Å². The molecule has 0 aliphatic rings. The lowest BCUT2D eigenvalue weighted by atomic mass is 10.2. The number of nitrogen functional groups attached to an aromatic ring is 1. The zero-order valence-electron chi connectivity index (χ0n) is 11.9. The van der Waals surface area contributed by atoms with E-state index >= 15 is 0 Å². The summed E-state index contributed by atoms with van der Waals surface area (Å²) in [5, 5.41) is 0.